The van der Waals surface area contributed by atoms with Gasteiger partial charge in [-0.15, -0.1) is 0 Å². The molecular weight excluding hydrogens is 425 g/mol. The summed E-state index contributed by atoms with van der Waals surface area (Å²) in [6.45, 7) is 4.78. The molecule has 1 fully saturated rings. The third kappa shape index (κ3) is 5.82. The van der Waals surface area contributed by atoms with Gasteiger partial charge in [0.05, 0.1) is 6.61 Å². The second kappa shape index (κ2) is 10.2. The lowest BCUT2D eigenvalue weighted by Crippen LogP contribution is -2.43. The molecule has 3 rings (SSSR count). The van der Waals surface area contributed by atoms with Crippen LogP contribution in [0.1, 0.15) is 37.1 Å². The SMILES string of the molecule is Cc1noc(C)c1S(=O)(=O)N1CCC(C(=O)NCCCCOc2ccc(F)cc2)CC1. The van der Waals surface area contributed by atoms with Crippen molar-refractivity contribution in [1.29, 1.82) is 0 Å². The fourth-order valence-corrected chi connectivity index (χ4v) is 5.40. The Balaban J connectivity index is 1.36. The third-order valence-electron chi connectivity index (χ3n) is 5.34. The van der Waals surface area contributed by atoms with E-state index < -0.39 is 10.0 Å². The number of unbranched alkanes of at least 4 members (excludes halogenated alkanes) is 1. The normalized spacial score (nSPS) is 15.7. The summed E-state index contributed by atoms with van der Waals surface area (Å²) >= 11 is 0. The van der Waals surface area contributed by atoms with Crippen molar-refractivity contribution < 1.29 is 26.9 Å². The number of amides is 1. The van der Waals surface area contributed by atoms with Crippen LogP contribution in [0.25, 0.3) is 0 Å². The van der Waals surface area contributed by atoms with Crippen LogP contribution in [0.5, 0.6) is 5.75 Å². The van der Waals surface area contributed by atoms with Gasteiger partial charge < -0.3 is 14.6 Å². The molecule has 1 N–H and O–H groups in total. The molecule has 0 radical (unpaired) electrons. The maximum atomic E-state index is 12.9. The Bertz CT molecular complexity index is 963. The molecule has 31 heavy (non-hydrogen) atoms. The number of halogens is 1. The van der Waals surface area contributed by atoms with Crippen molar-refractivity contribution in [3.8, 4) is 5.75 Å². The van der Waals surface area contributed by atoms with Crippen molar-refractivity contribution >= 4 is 15.9 Å². The van der Waals surface area contributed by atoms with E-state index in [-0.39, 0.29) is 41.4 Å². The zero-order valence-electron chi connectivity index (χ0n) is 17.8. The fraction of sp³-hybridized carbons (Fsp3) is 0.524. The van der Waals surface area contributed by atoms with E-state index in [9.17, 15) is 17.6 Å². The van der Waals surface area contributed by atoms with Gasteiger partial charge in [0.25, 0.3) is 0 Å². The highest BCUT2D eigenvalue weighted by molar-refractivity contribution is 7.89. The summed E-state index contributed by atoms with van der Waals surface area (Å²) in [5, 5.41) is 6.65. The predicted octanol–water partition coefficient (Wildman–Crippen LogP) is 2.81. The number of ether oxygens (including phenoxy) is 1. The molecule has 2 heterocycles. The average Bonchev–Trinajstić information content (AvgIpc) is 3.10. The van der Waals surface area contributed by atoms with E-state index in [0.717, 1.165) is 12.8 Å². The topological polar surface area (TPSA) is 102 Å². The molecule has 0 atom stereocenters. The number of carbonyl (C=O) groups excluding carboxylic acids is 1. The first-order valence-electron chi connectivity index (χ1n) is 10.4. The van der Waals surface area contributed by atoms with Crippen LogP contribution in [-0.4, -0.2) is 50.0 Å². The van der Waals surface area contributed by atoms with E-state index in [1.807, 2.05) is 0 Å². The van der Waals surface area contributed by atoms with Crippen LogP contribution in [0, 0.1) is 25.6 Å². The molecule has 1 amide bonds. The number of nitrogens with zero attached hydrogens (tertiary/aromatic N) is 2. The highest BCUT2D eigenvalue weighted by Crippen LogP contribution is 2.27. The Hall–Kier alpha value is -2.46. The van der Waals surface area contributed by atoms with Crippen molar-refractivity contribution in [3.63, 3.8) is 0 Å². The number of hydrogen-bond acceptors (Lipinski definition) is 6. The molecule has 1 aromatic carbocycles. The molecule has 10 heteroatoms. The largest absolute Gasteiger partial charge is 0.494 e. The van der Waals surface area contributed by atoms with Crippen molar-refractivity contribution in [2.75, 3.05) is 26.2 Å². The molecule has 0 unspecified atom stereocenters. The highest BCUT2D eigenvalue weighted by Gasteiger charge is 2.35. The Morgan fingerprint density at radius 2 is 1.90 bits per heavy atom. The van der Waals surface area contributed by atoms with Gasteiger partial charge in [0.1, 0.15) is 22.2 Å². The van der Waals surface area contributed by atoms with Crippen LogP contribution >= 0.6 is 0 Å². The molecule has 1 aromatic heterocycles. The van der Waals surface area contributed by atoms with E-state index >= 15 is 0 Å². The lowest BCUT2D eigenvalue weighted by molar-refractivity contribution is -0.126. The van der Waals surface area contributed by atoms with Crippen molar-refractivity contribution in [2.24, 2.45) is 5.92 Å². The van der Waals surface area contributed by atoms with E-state index in [0.29, 0.717) is 37.4 Å². The summed E-state index contributed by atoms with van der Waals surface area (Å²) < 4.78 is 50.5. The van der Waals surface area contributed by atoms with Gasteiger partial charge in [-0.1, -0.05) is 5.16 Å². The van der Waals surface area contributed by atoms with Crippen molar-refractivity contribution in [3.05, 3.63) is 41.5 Å². The molecule has 1 aliphatic rings. The van der Waals surface area contributed by atoms with Crippen molar-refractivity contribution in [2.45, 2.75) is 44.4 Å². The summed E-state index contributed by atoms with van der Waals surface area (Å²) in [5.74, 6) is 0.340. The fourth-order valence-electron chi connectivity index (χ4n) is 3.63. The van der Waals surface area contributed by atoms with Gasteiger partial charge in [0, 0.05) is 25.6 Å². The standard InChI is InChI=1S/C21H28FN3O5S/c1-15-20(16(2)30-24-15)31(27,28)25-12-9-17(10-13-25)21(26)23-11-3-4-14-29-19-7-5-18(22)6-8-19/h5-8,17H,3-4,9-14H2,1-2H3,(H,23,26). The van der Waals surface area contributed by atoms with Crippen molar-refractivity contribution in [1.82, 2.24) is 14.8 Å². The quantitative estimate of drug-likeness (QED) is 0.586. The third-order valence-corrected chi connectivity index (χ3v) is 7.49. The number of aromatic nitrogens is 1. The van der Waals surface area contributed by atoms with Crippen LogP contribution in [0.4, 0.5) is 4.39 Å². The second-order valence-electron chi connectivity index (χ2n) is 7.63. The summed E-state index contributed by atoms with van der Waals surface area (Å²) in [6.07, 6.45) is 2.46. The van der Waals surface area contributed by atoms with Crippen LogP contribution in [0.2, 0.25) is 0 Å². The van der Waals surface area contributed by atoms with Gasteiger partial charge in [0.2, 0.25) is 15.9 Å². The zero-order valence-corrected chi connectivity index (χ0v) is 18.6. The number of rotatable bonds is 9. The number of piperidine rings is 1. The molecule has 8 nitrogen and oxygen atoms in total. The first-order valence-corrected chi connectivity index (χ1v) is 11.8. The van der Waals surface area contributed by atoms with Crippen LogP contribution in [0.15, 0.2) is 33.7 Å². The van der Waals surface area contributed by atoms with Gasteiger partial charge >= 0.3 is 0 Å². The van der Waals surface area contributed by atoms with Gasteiger partial charge in [-0.05, 0) is 63.8 Å². The summed E-state index contributed by atoms with van der Waals surface area (Å²) in [4.78, 5) is 12.5. The maximum Gasteiger partial charge on any atom is 0.248 e. The molecule has 1 aliphatic heterocycles. The summed E-state index contributed by atoms with van der Waals surface area (Å²) in [5.41, 5.74) is 0.348. The highest BCUT2D eigenvalue weighted by atomic mass is 32.2. The molecule has 0 aliphatic carbocycles. The van der Waals surface area contributed by atoms with Gasteiger partial charge in [-0.25, -0.2) is 12.8 Å². The number of carbonyl (C=O) groups is 1. The van der Waals surface area contributed by atoms with Crippen LogP contribution in [-0.2, 0) is 14.8 Å². The number of benzene rings is 1. The predicted molar refractivity (Wildman–Crippen MR) is 112 cm³/mol. The molecule has 2 aromatic rings. The zero-order chi connectivity index (χ0) is 22.4. The Morgan fingerprint density at radius 3 is 2.52 bits per heavy atom. The minimum atomic E-state index is -3.67. The van der Waals surface area contributed by atoms with E-state index in [1.165, 1.54) is 16.4 Å². The smallest absolute Gasteiger partial charge is 0.248 e. The number of aryl methyl sites for hydroxylation is 2. The number of hydrogen-bond donors (Lipinski definition) is 1. The Labute approximate surface area is 181 Å². The molecule has 0 bridgehead atoms. The number of sulfonamides is 1. The Morgan fingerprint density at radius 1 is 1.23 bits per heavy atom. The Kier molecular flexibility index (Phi) is 7.66. The van der Waals surface area contributed by atoms with E-state index in [2.05, 4.69) is 10.5 Å². The first kappa shape index (κ1) is 23.2. The molecule has 0 saturated carbocycles. The van der Waals surface area contributed by atoms with Crippen LogP contribution in [0.3, 0.4) is 0 Å². The van der Waals surface area contributed by atoms with Gasteiger partial charge in [-0.3, -0.25) is 4.79 Å². The van der Waals surface area contributed by atoms with E-state index in [4.69, 9.17) is 9.26 Å². The maximum absolute atomic E-state index is 12.9. The first-order chi connectivity index (χ1) is 14.8. The lowest BCUT2D eigenvalue weighted by atomic mass is 9.97. The molecule has 0 spiro atoms. The second-order valence-corrected chi connectivity index (χ2v) is 9.51. The summed E-state index contributed by atoms with van der Waals surface area (Å²) in [6, 6.07) is 5.85. The average molecular weight is 454 g/mol. The molecule has 170 valence electrons. The minimum Gasteiger partial charge on any atom is -0.494 e. The monoisotopic (exact) mass is 453 g/mol. The van der Waals surface area contributed by atoms with Crippen LogP contribution < -0.4 is 10.1 Å². The van der Waals surface area contributed by atoms with Gasteiger partial charge in [0.15, 0.2) is 5.76 Å². The van der Waals surface area contributed by atoms with E-state index in [1.54, 1.807) is 26.0 Å². The molecule has 1 saturated heterocycles. The number of nitrogens with one attached hydrogen (secondary N) is 1. The summed E-state index contributed by atoms with van der Waals surface area (Å²) in [7, 11) is -3.67. The molecular formula is C21H28FN3O5S. The lowest BCUT2D eigenvalue weighted by Gasteiger charge is -2.30. The minimum absolute atomic E-state index is 0.0474. The van der Waals surface area contributed by atoms with Gasteiger partial charge in [-0.2, -0.15) is 4.31 Å².